The molecule has 148 valence electrons. The quantitative estimate of drug-likeness (QED) is 0.398. The number of fused-ring (bicyclic) bond motifs is 3. The molecule has 0 amide bonds. The second kappa shape index (κ2) is 7.64. The smallest absolute Gasteiger partial charge is 0.266 e. The molecule has 3 heterocycles. The third kappa shape index (κ3) is 3.31. The van der Waals surface area contributed by atoms with Gasteiger partial charge in [-0.15, -0.1) is 5.10 Å². The van der Waals surface area contributed by atoms with E-state index in [1.54, 1.807) is 21.5 Å². The van der Waals surface area contributed by atoms with Crippen molar-refractivity contribution in [3.8, 4) is 17.2 Å². The molecule has 0 aliphatic heterocycles. The molecule has 0 spiro atoms. The Morgan fingerprint density at radius 3 is 2.53 bits per heavy atom. The normalized spacial score (nSPS) is 11.2. The van der Waals surface area contributed by atoms with Crippen molar-refractivity contribution in [2.24, 2.45) is 0 Å². The predicted octanol–water partition coefficient (Wildman–Crippen LogP) is 4.33. The Bertz CT molecular complexity index is 1390. The molecule has 5 rings (SSSR count). The molecule has 0 saturated heterocycles. The number of para-hydroxylation sites is 1. The second-order valence-corrected chi connectivity index (χ2v) is 7.73. The third-order valence-electron chi connectivity index (χ3n) is 4.58. The molecule has 8 heteroatoms. The van der Waals surface area contributed by atoms with E-state index in [0.29, 0.717) is 27.6 Å². The average molecular weight is 415 g/mol. The fraction of sp³-hybridized carbons (Fsp3) is 0.0909. The highest BCUT2D eigenvalue weighted by Crippen LogP contribution is 2.22. The standard InChI is InChI=1S/C22H17N5O2S/c1-2-30-22-24-21-23-14-18-19(27(21)25-22)12-13-26(20(18)28)15-8-10-17(11-9-15)29-16-6-4-3-5-7-16/h3-14H,2H2,1H3. The highest BCUT2D eigenvalue weighted by atomic mass is 32.2. The zero-order valence-corrected chi connectivity index (χ0v) is 16.9. The first-order chi connectivity index (χ1) is 14.7. The molecular weight excluding hydrogens is 398 g/mol. The molecule has 0 bridgehead atoms. The molecule has 0 unspecified atom stereocenters. The van der Waals surface area contributed by atoms with E-state index in [2.05, 4.69) is 15.1 Å². The summed E-state index contributed by atoms with van der Waals surface area (Å²) in [7, 11) is 0. The van der Waals surface area contributed by atoms with Crippen LogP contribution in [0.2, 0.25) is 0 Å². The van der Waals surface area contributed by atoms with E-state index >= 15 is 0 Å². The highest BCUT2D eigenvalue weighted by molar-refractivity contribution is 7.99. The maximum atomic E-state index is 13.1. The van der Waals surface area contributed by atoms with Crippen LogP contribution in [0, 0.1) is 0 Å². The molecular formula is C22H17N5O2S. The Balaban J connectivity index is 1.52. The predicted molar refractivity (Wildman–Crippen MR) is 117 cm³/mol. The third-order valence-corrected chi connectivity index (χ3v) is 5.30. The van der Waals surface area contributed by atoms with Crippen LogP contribution in [-0.2, 0) is 0 Å². The van der Waals surface area contributed by atoms with E-state index in [-0.39, 0.29) is 5.56 Å². The number of nitrogens with zero attached hydrogens (tertiary/aromatic N) is 5. The minimum absolute atomic E-state index is 0.168. The first kappa shape index (κ1) is 18.4. The van der Waals surface area contributed by atoms with Crippen LogP contribution in [-0.4, -0.2) is 29.9 Å². The number of aromatic nitrogens is 5. The van der Waals surface area contributed by atoms with Crippen LogP contribution in [0.25, 0.3) is 22.4 Å². The van der Waals surface area contributed by atoms with Gasteiger partial charge in [0, 0.05) is 18.1 Å². The summed E-state index contributed by atoms with van der Waals surface area (Å²) in [4.78, 5) is 21.8. The minimum Gasteiger partial charge on any atom is -0.457 e. The molecule has 0 N–H and O–H groups in total. The van der Waals surface area contributed by atoms with Gasteiger partial charge in [-0.1, -0.05) is 36.9 Å². The van der Waals surface area contributed by atoms with Gasteiger partial charge >= 0.3 is 0 Å². The van der Waals surface area contributed by atoms with Crippen LogP contribution in [0.1, 0.15) is 6.92 Å². The molecule has 5 aromatic rings. The van der Waals surface area contributed by atoms with Crippen LogP contribution in [0.3, 0.4) is 0 Å². The zero-order chi connectivity index (χ0) is 20.5. The summed E-state index contributed by atoms with van der Waals surface area (Å²) in [5, 5.41) is 5.59. The van der Waals surface area contributed by atoms with E-state index in [1.807, 2.05) is 67.6 Å². The van der Waals surface area contributed by atoms with E-state index in [1.165, 1.54) is 11.8 Å². The van der Waals surface area contributed by atoms with Gasteiger partial charge < -0.3 is 4.74 Å². The summed E-state index contributed by atoms with van der Waals surface area (Å²) >= 11 is 1.54. The SMILES string of the molecule is CCSc1nc2ncc3c(=O)n(-c4ccc(Oc5ccccc5)cc4)ccc3n2n1. The first-order valence-corrected chi connectivity index (χ1v) is 10.4. The molecule has 0 aliphatic rings. The minimum atomic E-state index is -0.168. The van der Waals surface area contributed by atoms with E-state index in [9.17, 15) is 4.79 Å². The van der Waals surface area contributed by atoms with Crippen LogP contribution < -0.4 is 10.3 Å². The van der Waals surface area contributed by atoms with Crippen LogP contribution in [0.4, 0.5) is 0 Å². The lowest BCUT2D eigenvalue weighted by Crippen LogP contribution is -2.18. The van der Waals surface area contributed by atoms with Crippen molar-refractivity contribution in [3.63, 3.8) is 0 Å². The van der Waals surface area contributed by atoms with Gasteiger partial charge in [0.15, 0.2) is 0 Å². The summed E-state index contributed by atoms with van der Waals surface area (Å²) in [5.74, 6) is 2.81. The van der Waals surface area contributed by atoms with Gasteiger partial charge in [0.05, 0.1) is 10.9 Å². The van der Waals surface area contributed by atoms with Crippen LogP contribution >= 0.6 is 11.8 Å². The van der Waals surface area contributed by atoms with Crippen molar-refractivity contribution in [2.75, 3.05) is 5.75 Å². The summed E-state index contributed by atoms with van der Waals surface area (Å²) in [6.07, 6.45) is 3.30. The topological polar surface area (TPSA) is 74.3 Å². The maximum Gasteiger partial charge on any atom is 0.266 e. The largest absolute Gasteiger partial charge is 0.457 e. The summed E-state index contributed by atoms with van der Waals surface area (Å²) in [6, 6.07) is 18.8. The molecule has 0 aliphatic carbocycles. The van der Waals surface area contributed by atoms with Gasteiger partial charge in [0.25, 0.3) is 11.3 Å². The van der Waals surface area contributed by atoms with Crippen molar-refractivity contribution in [1.29, 1.82) is 0 Å². The van der Waals surface area contributed by atoms with E-state index < -0.39 is 0 Å². The van der Waals surface area contributed by atoms with Crippen molar-refractivity contribution in [2.45, 2.75) is 12.1 Å². The zero-order valence-electron chi connectivity index (χ0n) is 16.1. The highest BCUT2D eigenvalue weighted by Gasteiger charge is 2.12. The number of pyridine rings is 1. The molecule has 2 aromatic carbocycles. The molecule has 0 fully saturated rings. The lowest BCUT2D eigenvalue weighted by molar-refractivity contribution is 0.482. The molecule has 0 atom stereocenters. The fourth-order valence-electron chi connectivity index (χ4n) is 3.19. The van der Waals surface area contributed by atoms with Gasteiger partial charge in [-0.3, -0.25) is 9.36 Å². The number of benzene rings is 2. The van der Waals surface area contributed by atoms with Gasteiger partial charge in [-0.2, -0.15) is 9.50 Å². The van der Waals surface area contributed by atoms with Crippen molar-refractivity contribution in [1.82, 2.24) is 24.1 Å². The Kier molecular flexibility index (Phi) is 4.68. The Morgan fingerprint density at radius 1 is 1.00 bits per heavy atom. The summed E-state index contributed by atoms with van der Waals surface area (Å²) in [6.45, 7) is 2.04. The van der Waals surface area contributed by atoms with Gasteiger partial charge in [0.1, 0.15) is 11.5 Å². The van der Waals surface area contributed by atoms with E-state index in [0.717, 1.165) is 17.2 Å². The maximum absolute atomic E-state index is 13.1. The molecule has 30 heavy (non-hydrogen) atoms. The van der Waals surface area contributed by atoms with Crippen molar-refractivity contribution < 1.29 is 4.74 Å². The molecule has 0 radical (unpaired) electrons. The van der Waals surface area contributed by atoms with Gasteiger partial charge in [0.2, 0.25) is 5.16 Å². The van der Waals surface area contributed by atoms with Crippen LogP contribution in [0.15, 0.2) is 83.0 Å². The fourth-order valence-corrected chi connectivity index (χ4v) is 3.74. The lowest BCUT2D eigenvalue weighted by Gasteiger charge is -2.09. The van der Waals surface area contributed by atoms with E-state index in [4.69, 9.17) is 4.74 Å². The van der Waals surface area contributed by atoms with Crippen molar-refractivity contribution >= 4 is 28.4 Å². The summed E-state index contributed by atoms with van der Waals surface area (Å²) in [5.41, 5.74) is 1.25. The van der Waals surface area contributed by atoms with Gasteiger partial charge in [-0.05, 0) is 48.2 Å². The summed E-state index contributed by atoms with van der Waals surface area (Å²) < 4.78 is 9.03. The monoisotopic (exact) mass is 415 g/mol. The van der Waals surface area contributed by atoms with Crippen LogP contribution in [0.5, 0.6) is 11.5 Å². The van der Waals surface area contributed by atoms with Crippen molar-refractivity contribution in [3.05, 3.63) is 83.4 Å². The lowest BCUT2D eigenvalue weighted by atomic mass is 10.2. The average Bonchev–Trinajstić information content (AvgIpc) is 3.19. The number of rotatable bonds is 5. The first-order valence-electron chi connectivity index (χ1n) is 9.46. The second-order valence-electron chi connectivity index (χ2n) is 6.50. The molecule has 7 nitrogen and oxygen atoms in total. The number of hydrogen-bond donors (Lipinski definition) is 0. The Labute approximate surface area is 176 Å². The van der Waals surface area contributed by atoms with Gasteiger partial charge in [-0.25, -0.2) is 4.98 Å². The molecule has 3 aromatic heterocycles. The number of thioether (sulfide) groups is 1. The molecule has 0 saturated carbocycles. The Hall–Kier alpha value is -3.65. The number of ether oxygens (including phenoxy) is 1. The number of hydrogen-bond acceptors (Lipinski definition) is 6. The Morgan fingerprint density at radius 2 is 1.77 bits per heavy atom.